The summed E-state index contributed by atoms with van der Waals surface area (Å²) >= 11 is 0. The Morgan fingerprint density at radius 1 is 1.44 bits per heavy atom. The van der Waals surface area contributed by atoms with E-state index in [1.54, 1.807) is 20.8 Å². The van der Waals surface area contributed by atoms with Crippen LogP contribution in [0.5, 0.6) is 0 Å². The minimum atomic E-state index is -3.08. The molecule has 1 fully saturated rings. The van der Waals surface area contributed by atoms with Crippen LogP contribution in [-0.2, 0) is 4.74 Å². The summed E-state index contributed by atoms with van der Waals surface area (Å²) in [6.07, 6.45) is -0.275. The van der Waals surface area contributed by atoms with Gasteiger partial charge in [0.25, 0.3) is 5.92 Å². The monoisotopic (exact) mass is 236 g/mol. The molecule has 1 amide bonds. The second-order valence-electron chi connectivity index (χ2n) is 5.22. The number of nitrogens with two attached hydrogens (primary N) is 1. The van der Waals surface area contributed by atoms with Crippen LogP contribution in [0.25, 0.3) is 0 Å². The first-order chi connectivity index (χ1) is 7.06. The number of halogens is 2. The molecule has 0 radical (unpaired) electrons. The Kier molecular flexibility index (Phi) is 3.15. The van der Waals surface area contributed by atoms with Gasteiger partial charge in [-0.25, -0.2) is 13.6 Å². The number of nitrogens with one attached hydrogen (secondary N) is 1. The first-order valence-corrected chi connectivity index (χ1v) is 5.19. The van der Waals surface area contributed by atoms with Crippen LogP contribution in [0, 0.1) is 0 Å². The van der Waals surface area contributed by atoms with Crippen LogP contribution in [0.4, 0.5) is 13.6 Å². The number of ether oxygens (including phenoxy) is 1. The first kappa shape index (κ1) is 13.2. The van der Waals surface area contributed by atoms with Gasteiger partial charge in [-0.15, -0.1) is 0 Å². The molecule has 1 rings (SSSR count). The zero-order valence-electron chi connectivity index (χ0n) is 9.77. The normalized spacial score (nSPS) is 19.1. The topological polar surface area (TPSA) is 64.3 Å². The number of hydrogen-bond acceptors (Lipinski definition) is 3. The molecule has 16 heavy (non-hydrogen) atoms. The fourth-order valence-corrected chi connectivity index (χ4v) is 1.17. The van der Waals surface area contributed by atoms with Crippen LogP contribution in [0.2, 0.25) is 0 Å². The van der Waals surface area contributed by atoms with Crippen LogP contribution in [0.15, 0.2) is 0 Å². The summed E-state index contributed by atoms with van der Waals surface area (Å²) in [6.45, 7) is 4.21. The van der Waals surface area contributed by atoms with Crippen molar-refractivity contribution in [1.82, 2.24) is 5.32 Å². The van der Waals surface area contributed by atoms with Crippen LogP contribution >= 0.6 is 0 Å². The van der Waals surface area contributed by atoms with Crippen LogP contribution in [0.1, 0.15) is 33.6 Å². The van der Waals surface area contributed by atoms with Gasteiger partial charge in [0.1, 0.15) is 5.60 Å². The van der Waals surface area contributed by atoms with E-state index in [4.69, 9.17) is 10.5 Å². The van der Waals surface area contributed by atoms with Gasteiger partial charge in [0.2, 0.25) is 0 Å². The highest BCUT2D eigenvalue weighted by Gasteiger charge is 2.59. The van der Waals surface area contributed by atoms with Gasteiger partial charge in [-0.1, -0.05) is 0 Å². The Morgan fingerprint density at radius 3 is 2.31 bits per heavy atom. The molecule has 0 saturated heterocycles. The molecule has 0 aromatic carbocycles. The zero-order chi connectivity index (χ0) is 12.6. The summed E-state index contributed by atoms with van der Waals surface area (Å²) in [7, 11) is 0. The summed E-state index contributed by atoms with van der Waals surface area (Å²) in [5.74, 6) is -3.08. The maximum Gasteiger partial charge on any atom is 0.407 e. The maximum atomic E-state index is 13.4. The lowest BCUT2D eigenvalue weighted by molar-refractivity contribution is -0.0363. The van der Waals surface area contributed by atoms with Crippen molar-refractivity contribution in [2.24, 2.45) is 5.73 Å². The van der Waals surface area contributed by atoms with E-state index in [1.165, 1.54) is 0 Å². The number of carbonyl (C=O) groups is 1. The molecule has 0 spiro atoms. The predicted molar refractivity (Wildman–Crippen MR) is 55.3 cm³/mol. The van der Waals surface area contributed by atoms with Crippen molar-refractivity contribution in [3.8, 4) is 0 Å². The Labute approximate surface area is 93.5 Å². The van der Waals surface area contributed by atoms with Crippen LogP contribution < -0.4 is 11.1 Å². The molecular weight excluding hydrogens is 218 g/mol. The lowest BCUT2D eigenvalue weighted by Gasteiger charge is -2.25. The summed E-state index contributed by atoms with van der Waals surface area (Å²) in [5.41, 5.74) is 3.26. The van der Waals surface area contributed by atoms with E-state index in [0.717, 1.165) is 0 Å². The van der Waals surface area contributed by atoms with E-state index in [-0.39, 0.29) is 12.8 Å². The van der Waals surface area contributed by atoms with E-state index < -0.39 is 29.7 Å². The van der Waals surface area contributed by atoms with Gasteiger partial charge >= 0.3 is 6.09 Å². The molecule has 0 heterocycles. The van der Waals surface area contributed by atoms with Crippen molar-refractivity contribution in [2.75, 3.05) is 6.54 Å². The molecule has 1 aliphatic carbocycles. The summed E-state index contributed by atoms with van der Waals surface area (Å²) in [4.78, 5) is 11.1. The first-order valence-electron chi connectivity index (χ1n) is 5.19. The molecule has 0 aromatic rings. The Morgan fingerprint density at radius 2 is 1.94 bits per heavy atom. The lowest BCUT2D eigenvalue weighted by Crippen LogP contribution is -2.51. The molecule has 1 aliphatic rings. The summed E-state index contributed by atoms with van der Waals surface area (Å²) in [6, 6.07) is 0. The highest BCUT2D eigenvalue weighted by Crippen LogP contribution is 2.45. The predicted octanol–water partition coefficient (Wildman–Crippen LogP) is 1.64. The van der Waals surface area contributed by atoms with Crippen LogP contribution in [-0.4, -0.2) is 29.7 Å². The molecule has 1 saturated carbocycles. The van der Waals surface area contributed by atoms with Gasteiger partial charge in [-0.2, -0.15) is 0 Å². The van der Waals surface area contributed by atoms with E-state index in [2.05, 4.69) is 0 Å². The third-order valence-corrected chi connectivity index (χ3v) is 2.37. The lowest BCUT2D eigenvalue weighted by atomic mass is 10.1. The Bertz CT molecular complexity index is 283. The minimum Gasteiger partial charge on any atom is -0.444 e. The molecule has 0 aliphatic heterocycles. The third-order valence-electron chi connectivity index (χ3n) is 2.37. The maximum absolute atomic E-state index is 13.4. The molecule has 6 heteroatoms. The average Bonchev–Trinajstić information content (AvgIpc) is 2.79. The van der Waals surface area contributed by atoms with Gasteiger partial charge < -0.3 is 15.8 Å². The van der Waals surface area contributed by atoms with Crippen molar-refractivity contribution >= 4 is 6.09 Å². The average molecular weight is 236 g/mol. The quantitative estimate of drug-likeness (QED) is 0.783. The number of alkyl halides is 2. The van der Waals surface area contributed by atoms with Crippen molar-refractivity contribution in [1.29, 1.82) is 0 Å². The van der Waals surface area contributed by atoms with E-state index in [9.17, 15) is 13.6 Å². The molecule has 0 unspecified atom stereocenters. The molecule has 0 bridgehead atoms. The second-order valence-corrected chi connectivity index (χ2v) is 5.22. The number of amides is 1. The molecule has 3 N–H and O–H groups in total. The Balaban J connectivity index is 2.37. The Hall–Kier alpha value is -0.910. The number of rotatable bonds is 3. The smallest absolute Gasteiger partial charge is 0.407 e. The standard InChI is InChI=1S/C10H18F2N2O2/c1-8(2,3)16-7(15)14-6-10(11,12)9(13)4-5-9/h4-6,13H2,1-3H3,(H,14,15). The number of hydrogen-bond donors (Lipinski definition) is 2. The van der Waals surface area contributed by atoms with Crippen molar-refractivity contribution < 1.29 is 18.3 Å². The van der Waals surface area contributed by atoms with Gasteiger partial charge in [0, 0.05) is 0 Å². The van der Waals surface area contributed by atoms with E-state index >= 15 is 0 Å². The highest BCUT2D eigenvalue weighted by molar-refractivity contribution is 5.67. The van der Waals surface area contributed by atoms with Crippen LogP contribution in [0.3, 0.4) is 0 Å². The fourth-order valence-electron chi connectivity index (χ4n) is 1.17. The van der Waals surface area contributed by atoms with Crippen molar-refractivity contribution in [2.45, 2.75) is 50.7 Å². The van der Waals surface area contributed by atoms with Gasteiger partial charge in [-0.3, -0.25) is 0 Å². The SMILES string of the molecule is CC(C)(C)OC(=O)NCC(F)(F)C1(N)CC1. The van der Waals surface area contributed by atoms with E-state index in [1.807, 2.05) is 5.32 Å². The van der Waals surface area contributed by atoms with Crippen molar-refractivity contribution in [3.63, 3.8) is 0 Å². The number of alkyl carbamates (subject to hydrolysis) is 1. The van der Waals surface area contributed by atoms with Crippen molar-refractivity contribution in [3.05, 3.63) is 0 Å². The molecule has 0 aromatic heterocycles. The van der Waals surface area contributed by atoms with Gasteiger partial charge in [-0.05, 0) is 33.6 Å². The molecule has 94 valence electrons. The third kappa shape index (κ3) is 3.30. The van der Waals surface area contributed by atoms with Gasteiger partial charge in [0.05, 0.1) is 12.1 Å². The second kappa shape index (κ2) is 3.84. The zero-order valence-corrected chi connectivity index (χ0v) is 9.77. The largest absolute Gasteiger partial charge is 0.444 e. The number of carbonyl (C=O) groups excluding carboxylic acids is 1. The summed E-state index contributed by atoms with van der Waals surface area (Å²) in [5, 5.41) is 2.03. The van der Waals surface area contributed by atoms with Gasteiger partial charge in [0.15, 0.2) is 0 Å². The molecule has 0 atom stereocenters. The fraction of sp³-hybridized carbons (Fsp3) is 0.900. The summed E-state index contributed by atoms with van der Waals surface area (Å²) < 4.78 is 31.6. The molecule has 4 nitrogen and oxygen atoms in total. The van der Waals surface area contributed by atoms with E-state index in [0.29, 0.717) is 0 Å². The highest BCUT2D eigenvalue weighted by atomic mass is 19.3. The minimum absolute atomic E-state index is 0.288. The molecular formula is C10H18F2N2O2.